The molecule has 1 saturated carbocycles. The molecule has 1 saturated heterocycles. The SMILES string of the molecule is Cc1ccc2oc(O[C@@H]3C[C@H]4C(=O)C[C@]5(C(=O)O)C[C@@H]5/C=C\CCCCC[C@H](CC(=O)OC(C)(C)C)C(=O)N4C3)nc2c1. The van der Waals surface area contributed by atoms with Gasteiger partial charge in [-0.3, -0.25) is 19.2 Å². The van der Waals surface area contributed by atoms with E-state index in [1.54, 1.807) is 20.8 Å². The van der Waals surface area contributed by atoms with Crippen LogP contribution in [0.15, 0.2) is 34.8 Å². The lowest BCUT2D eigenvalue weighted by molar-refractivity contribution is -0.159. The first kappa shape index (κ1) is 30.8. The van der Waals surface area contributed by atoms with Gasteiger partial charge in [0.15, 0.2) is 11.4 Å². The summed E-state index contributed by atoms with van der Waals surface area (Å²) in [4.78, 5) is 59.1. The fraction of sp³-hybridized carbons (Fsp3) is 0.606. The molecule has 3 aliphatic rings. The molecule has 0 radical (unpaired) electrons. The fourth-order valence-corrected chi connectivity index (χ4v) is 6.40. The normalized spacial score (nSPS) is 29.3. The van der Waals surface area contributed by atoms with Crippen molar-refractivity contribution in [2.75, 3.05) is 6.54 Å². The predicted molar refractivity (Wildman–Crippen MR) is 157 cm³/mol. The van der Waals surface area contributed by atoms with E-state index in [9.17, 15) is 24.3 Å². The molecule has 10 heteroatoms. The number of carbonyl (C=O) groups is 4. The monoisotopic (exact) mass is 594 g/mol. The number of oxazole rings is 1. The van der Waals surface area contributed by atoms with Gasteiger partial charge in [-0.15, -0.1) is 0 Å². The number of amides is 1. The Labute approximate surface area is 251 Å². The number of ether oxygens (including phenoxy) is 2. The van der Waals surface area contributed by atoms with E-state index in [1.165, 1.54) is 4.90 Å². The second-order valence-corrected chi connectivity index (χ2v) is 13.4. The Bertz CT molecular complexity index is 1420. The number of carboxylic acids is 1. The molecule has 2 fully saturated rings. The molecule has 1 aromatic carbocycles. The van der Waals surface area contributed by atoms with Gasteiger partial charge in [-0.2, -0.15) is 4.98 Å². The molecule has 232 valence electrons. The van der Waals surface area contributed by atoms with Crippen molar-refractivity contribution in [3.8, 4) is 6.08 Å². The minimum atomic E-state index is -1.16. The van der Waals surface area contributed by atoms with Crippen LogP contribution in [0.4, 0.5) is 0 Å². The summed E-state index contributed by atoms with van der Waals surface area (Å²) in [5.74, 6) is -2.95. The van der Waals surface area contributed by atoms with Crippen LogP contribution in [0.3, 0.4) is 0 Å². The molecular formula is C33H42N2O8. The van der Waals surface area contributed by atoms with Crippen LogP contribution in [0.1, 0.15) is 84.1 Å². The summed E-state index contributed by atoms with van der Waals surface area (Å²) in [5.41, 5.74) is 0.376. The third-order valence-electron chi connectivity index (χ3n) is 8.73. The number of esters is 1. The molecule has 3 heterocycles. The number of rotatable bonds is 5. The van der Waals surface area contributed by atoms with Gasteiger partial charge in [-0.05, 0) is 77.0 Å². The first-order chi connectivity index (χ1) is 20.3. The Morgan fingerprint density at radius 1 is 1.19 bits per heavy atom. The third kappa shape index (κ3) is 7.11. The number of aliphatic carboxylic acids is 1. The van der Waals surface area contributed by atoms with E-state index >= 15 is 0 Å². The number of hydrogen-bond donors (Lipinski definition) is 1. The zero-order valence-corrected chi connectivity index (χ0v) is 25.5. The highest BCUT2D eigenvalue weighted by Gasteiger charge is 2.61. The van der Waals surface area contributed by atoms with Crippen molar-refractivity contribution >= 4 is 34.7 Å². The summed E-state index contributed by atoms with van der Waals surface area (Å²) < 4.78 is 17.4. The standard InChI is InChI=1S/C33H42N2O8/c1-20-12-13-27-24(14-20)34-31(42-27)41-23-16-25-26(36)18-33(30(39)40)17-22(33)11-9-7-5-6-8-10-21(29(38)35(25)19-23)15-28(37)43-32(2,3)4/h9,11-14,21-23,25H,5-8,10,15-19H2,1-4H3,(H,39,40)/b11-9-/t21-,22+,23-,25+,33-/m1/s1. The Balaban J connectivity index is 1.42. The van der Waals surface area contributed by atoms with Crippen molar-refractivity contribution in [3.05, 3.63) is 35.9 Å². The summed E-state index contributed by atoms with van der Waals surface area (Å²) >= 11 is 0. The topological polar surface area (TPSA) is 136 Å². The largest absolute Gasteiger partial charge is 0.481 e. The number of aromatic nitrogens is 1. The number of Topliss-reactive ketones (excluding diaryl/α,β-unsaturated/α-hetero) is 1. The summed E-state index contributed by atoms with van der Waals surface area (Å²) in [6, 6.07) is 4.72. The van der Waals surface area contributed by atoms with Crippen LogP contribution in [-0.2, 0) is 23.9 Å². The Morgan fingerprint density at radius 2 is 1.98 bits per heavy atom. The maximum absolute atomic E-state index is 14.1. The average molecular weight is 595 g/mol. The van der Waals surface area contributed by atoms with E-state index in [2.05, 4.69) is 4.98 Å². The fourth-order valence-electron chi connectivity index (χ4n) is 6.40. The smallest absolute Gasteiger partial charge is 0.394 e. The first-order valence-corrected chi connectivity index (χ1v) is 15.3. The number of carbonyl (C=O) groups excluding carboxylic acids is 3. The van der Waals surface area contributed by atoms with Gasteiger partial charge in [-0.25, -0.2) is 0 Å². The maximum atomic E-state index is 14.1. The van der Waals surface area contributed by atoms with E-state index in [-0.39, 0.29) is 49.5 Å². The van der Waals surface area contributed by atoms with Crippen molar-refractivity contribution in [1.29, 1.82) is 0 Å². The number of ketones is 1. The first-order valence-electron chi connectivity index (χ1n) is 15.3. The van der Waals surface area contributed by atoms with Gasteiger partial charge in [0.1, 0.15) is 17.2 Å². The van der Waals surface area contributed by atoms with Crippen LogP contribution >= 0.6 is 0 Å². The molecule has 2 aliphatic heterocycles. The molecule has 5 atom stereocenters. The highest BCUT2D eigenvalue weighted by Crippen LogP contribution is 2.57. The second-order valence-electron chi connectivity index (χ2n) is 13.4. The van der Waals surface area contributed by atoms with E-state index in [0.717, 1.165) is 31.2 Å². The van der Waals surface area contributed by atoms with Crippen molar-refractivity contribution in [2.45, 2.75) is 103 Å². The van der Waals surface area contributed by atoms with Gasteiger partial charge in [-0.1, -0.05) is 31.1 Å². The number of aryl methyl sites for hydroxylation is 1. The summed E-state index contributed by atoms with van der Waals surface area (Å²) in [7, 11) is 0. The molecular weight excluding hydrogens is 552 g/mol. The van der Waals surface area contributed by atoms with E-state index < -0.39 is 41.0 Å². The molecule has 1 aliphatic carbocycles. The Morgan fingerprint density at radius 3 is 2.72 bits per heavy atom. The molecule has 0 spiro atoms. The van der Waals surface area contributed by atoms with Gasteiger partial charge < -0.3 is 23.9 Å². The van der Waals surface area contributed by atoms with Crippen LogP contribution in [0.25, 0.3) is 11.1 Å². The molecule has 2 aromatic rings. The number of carboxylic acid groups (broad SMARTS) is 1. The van der Waals surface area contributed by atoms with Gasteiger partial charge >= 0.3 is 18.0 Å². The zero-order chi connectivity index (χ0) is 30.9. The molecule has 1 N–H and O–H groups in total. The molecule has 1 amide bonds. The van der Waals surface area contributed by atoms with E-state index in [0.29, 0.717) is 23.9 Å². The number of benzene rings is 1. The van der Waals surface area contributed by atoms with Crippen molar-refractivity contribution in [1.82, 2.24) is 9.88 Å². The van der Waals surface area contributed by atoms with Crippen LogP contribution in [0, 0.1) is 24.2 Å². The highest BCUT2D eigenvalue weighted by molar-refractivity contribution is 5.95. The summed E-state index contributed by atoms with van der Waals surface area (Å²) in [5, 5.41) is 10.1. The number of hydrogen-bond acceptors (Lipinski definition) is 8. The van der Waals surface area contributed by atoms with Gasteiger partial charge in [0, 0.05) is 18.8 Å². The van der Waals surface area contributed by atoms with Crippen LogP contribution in [-0.4, -0.2) is 62.9 Å². The second kappa shape index (κ2) is 12.1. The zero-order valence-electron chi connectivity index (χ0n) is 25.5. The number of fused-ring (bicyclic) bond motifs is 3. The maximum Gasteiger partial charge on any atom is 0.394 e. The molecule has 43 heavy (non-hydrogen) atoms. The van der Waals surface area contributed by atoms with Crippen LogP contribution < -0.4 is 4.74 Å². The quantitative estimate of drug-likeness (QED) is 0.356. The van der Waals surface area contributed by atoms with Crippen molar-refractivity contribution < 1.29 is 38.2 Å². The van der Waals surface area contributed by atoms with Gasteiger partial charge in [0.05, 0.1) is 24.4 Å². The van der Waals surface area contributed by atoms with Gasteiger partial charge in [0.2, 0.25) is 5.91 Å². The van der Waals surface area contributed by atoms with E-state index in [4.69, 9.17) is 13.9 Å². The Hall–Kier alpha value is -3.69. The lowest BCUT2D eigenvalue weighted by Gasteiger charge is -2.29. The van der Waals surface area contributed by atoms with Gasteiger partial charge in [0.25, 0.3) is 0 Å². The minimum Gasteiger partial charge on any atom is -0.481 e. The van der Waals surface area contributed by atoms with Crippen molar-refractivity contribution in [3.63, 3.8) is 0 Å². The minimum absolute atomic E-state index is 0.0490. The molecule has 0 unspecified atom stereocenters. The highest BCUT2D eigenvalue weighted by atomic mass is 16.6. The molecule has 10 nitrogen and oxygen atoms in total. The third-order valence-corrected chi connectivity index (χ3v) is 8.73. The molecule has 1 aromatic heterocycles. The number of nitrogens with zero attached hydrogens (tertiary/aromatic N) is 2. The lowest BCUT2D eigenvalue weighted by Crippen LogP contribution is -2.45. The molecule has 5 rings (SSSR count). The van der Waals surface area contributed by atoms with Crippen LogP contribution in [0.2, 0.25) is 0 Å². The van der Waals surface area contributed by atoms with Crippen molar-refractivity contribution in [2.24, 2.45) is 17.3 Å². The van der Waals surface area contributed by atoms with Crippen LogP contribution in [0.5, 0.6) is 6.08 Å². The average Bonchev–Trinajstić information content (AvgIpc) is 3.23. The summed E-state index contributed by atoms with van der Waals surface area (Å²) in [6.07, 6.45) is 7.49. The predicted octanol–water partition coefficient (Wildman–Crippen LogP) is 5.40. The number of allylic oxidation sites excluding steroid dienone is 2. The van der Waals surface area contributed by atoms with E-state index in [1.807, 2.05) is 37.3 Å². The lowest BCUT2D eigenvalue weighted by atomic mass is 9.91. The molecule has 0 bridgehead atoms. The summed E-state index contributed by atoms with van der Waals surface area (Å²) in [6.45, 7) is 7.40. The Kier molecular flexibility index (Phi) is 8.68.